The SMILES string of the molecule is O=C(Nc1cccc(-c2ccsc2)c1)c1ccccc1NS(=O)(=O)c1ccc2[nH]c(=O)[nH]c2c1. The molecule has 0 saturated heterocycles. The number of anilines is 2. The lowest BCUT2D eigenvalue weighted by Crippen LogP contribution is -2.18. The first kappa shape index (κ1) is 21.7. The molecule has 8 nitrogen and oxygen atoms in total. The van der Waals surface area contributed by atoms with Crippen LogP contribution >= 0.6 is 11.3 Å². The van der Waals surface area contributed by atoms with Crippen molar-refractivity contribution in [1.29, 1.82) is 0 Å². The van der Waals surface area contributed by atoms with Crippen molar-refractivity contribution in [2.24, 2.45) is 0 Å². The summed E-state index contributed by atoms with van der Waals surface area (Å²) in [5, 5.41) is 6.84. The van der Waals surface area contributed by atoms with Crippen LogP contribution in [0, 0.1) is 0 Å². The third-order valence-electron chi connectivity index (χ3n) is 5.19. The van der Waals surface area contributed by atoms with Gasteiger partial charge in [0.1, 0.15) is 0 Å². The molecule has 0 fully saturated rings. The number of aromatic amines is 2. The van der Waals surface area contributed by atoms with Gasteiger partial charge in [-0.1, -0.05) is 24.3 Å². The van der Waals surface area contributed by atoms with Gasteiger partial charge < -0.3 is 15.3 Å². The number of rotatable bonds is 6. The van der Waals surface area contributed by atoms with Crippen molar-refractivity contribution >= 4 is 49.7 Å². The molecule has 2 aromatic heterocycles. The van der Waals surface area contributed by atoms with Gasteiger partial charge in [0, 0.05) is 5.69 Å². The molecule has 1 amide bonds. The largest absolute Gasteiger partial charge is 0.323 e. The highest BCUT2D eigenvalue weighted by molar-refractivity contribution is 7.92. The van der Waals surface area contributed by atoms with Gasteiger partial charge in [-0.3, -0.25) is 9.52 Å². The molecule has 5 aromatic rings. The quantitative estimate of drug-likeness (QED) is 0.277. The Hall–Kier alpha value is -4.15. The number of sulfonamides is 1. The average molecular weight is 491 g/mol. The van der Waals surface area contributed by atoms with E-state index in [1.807, 2.05) is 35.0 Å². The highest BCUT2D eigenvalue weighted by Gasteiger charge is 2.19. The first-order valence-electron chi connectivity index (χ1n) is 10.2. The number of carbonyl (C=O) groups is 1. The summed E-state index contributed by atoms with van der Waals surface area (Å²) in [6, 6.07) is 20.0. The molecule has 2 heterocycles. The number of para-hydroxylation sites is 1. The van der Waals surface area contributed by atoms with Crippen LogP contribution in [0.5, 0.6) is 0 Å². The van der Waals surface area contributed by atoms with Crippen molar-refractivity contribution in [3.63, 3.8) is 0 Å². The number of hydrogen-bond donors (Lipinski definition) is 4. The molecule has 0 unspecified atom stereocenters. The summed E-state index contributed by atoms with van der Waals surface area (Å²) in [6.07, 6.45) is 0. The zero-order valence-corrected chi connectivity index (χ0v) is 19.2. The number of hydrogen-bond acceptors (Lipinski definition) is 5. The fourth-order valence-corrected chi connectivity index (χ4v) is 5.33. The van der Waals surface area contributed by atoms with Crippen LogP contribution in [0.1, 0.15) is 10.4 Å². The number of fused-ring (bicyclic) bond motifs is 1. The van der Waals surface area contributed by atoms with E-state index in [0.29, 0.717) is 16.7 Å². The zero-order valence-electron chi connectivity index (χ0n) is 17.5. The minimum Gasteiger partial charge on any atom is -0.322 e. The van der Waals surface area contributed by atoms with Gasteiger partial charge in [0.2, 0.25) is 0 Å². The number of nitrogens with one attached hydrogen (secondary N) is 4. The van der Waals surface area contributed by atoms with E-state index in [4.69, 9.17) is 0 Å². The van der Waals surface area contributed by atoms with Crippen LogP contribution in [0.2, 0.25) is 0 Å². The Labute approximate surface area is 198 Å². The van der Waals surface area contributed by atoms with Crippen molar-refractivity contribution in [2.75, 3.05) is 10.0 Å². The summed E-state index contributed by atoms with van der Waals surface area (Å²) in [6.45, 7) is 0. The van der Waals surface area contributed by atoms with Crippen molar-refractivity contribution < 1.29 is 13.2 Å². The molecule has 5 rings (SSSR count). The molecule has 10 heteroatoms. The maximum Gasteiger partial charge on any atom is 0.323 e. The van der Waals surface area contributed by atoms with Crippen molar-refractivity contribution in [3.05, 3.63) is 99.6 Å². The summed E-state index contributed by atoms with van der Waals surface area (Å²) in [7, 11) is -4.03. The van der Waals surface area contributed by atoms with Crippen LogP contribution < -0.4 is 15.7 Å². The maximum absolute atomic E-state index is 13.0. The maximum atomic E-state index is 13.0. The Morgan fingerprint density at radius 1 is 0.853 bits per heavy atom. The molecular formula is C24H18N4O4S2. The molecule has 34 heavy (non-hydrogen) atoms. The van der Waals surface area contributed by atoms with Crippen LogP contribution in [0.3, 0.4) is 0 Å². The monoisotopic (exact) mass is 490 g/mol. The number of H-pyrrole nitrogens is 2. The Morgan fingerprint density at radius 2 is 1.68 bits per heavy atom. The van der Waals surface area contributed by atoms with Gasteiger partial charge in [-0.05, 0) is 70.4 Å². The van der Waals surface area contributed by atoms with E-state index >= 15 is 0 Å². The van der Waals surface area contributed by atoms with Crippen LogP contribution in [0.4, 0.5) is 11.4 Å². The number of amides is 1. The summed E-state index contributed by atoms with van der Waals surface area (Å²) >= 11 is 1.59. The van der Waals surface area contributed by atoms with E-state index in [0.717, 1.165) is 11.1 Å². The molecule has 0 atom stereocenters. The Balaban J connectivity index is 1.41. The lowest BCUT2D eigenvalue weighted by molar-refractivity contribution is 0.102. The van der Waals surface area contributed by atoms with E-state index in [9.17, 15) is 18.0 Å². The summed E-state index contributed by atoms with van der Waals surface area (Å²) in [4.78, 5) is 29.6. The molecule has 3 aromatic carbocycles. The molecule has 0 saturated carbocycles. The number of thiophene rings is 1. The van der Waals surface area contributed by atoms with Crippen LogP contribution in [-0.4, -0.2) is 24.3 Å². The second-order valence-electron chi connectivity index (χ2n) is 7.48. The van der Waals surface area contributed by atoms with Gasteiger partial charge in [0.25, 0.3) is 15.9 Å². The van der Waals surface area contributed by atoms with Crippen LogP contribution in [0.25, 0.3) is 22.2 Å². The molecule has 0 aliphatic carbocycles. The molecule has 0 aliphatic rings. The lowest BCUT2D eigenvalue weighted by atomic mass is 10.1. The zero-order chi connectivity index (χ0) is 23.7. The first-order chi connectivity index (χ1) is 16.4. The van der Waals surface area contributed by atoms with Gasteiger partial charge >= 0.3 is 5.69 Å². The summed E-state index contributed by atoms with van der Waals surface area (Å²) in [5.41, 5.74) is 3.34. The molecule has 0 radical (unpaired) electrons. The second-order valence-corrected chi connectivity index (χ2v) is 9.95. The molecular weight excluding hydrogens is 472 g/mol. The van der Waals surface area contributed by atoms with E-state index in [1.165, 1.54) is 24.3 Å². The predicted molar refractivity (Wildman–Crippen MR) is 134 cm³/mol. The number of imidazole rings is 1. The van der Waals surface area contributed by atoms with E-state index < -0.39 is 21.6 Å². The van der Waals surface area contributed by atoms with E-state index in [-0.39, 0.29) is 16.1 Å². The number of carbonyl (C=O) groups excluding carboxylic acids is 1. The fraction of sp³-hybridized carbons (Fsp3) is 0. The highest BCUT2D eigenvalue weighted by atomic mass is 32.2. The topological polar surface area (TPSA) is 124 Å². The second kappa shape index (κ2) is 8.65. The normalized spacial score (nSPS) is 11.4. The summed E-state index contributed by atoms with van der Waals surface area (Å²) < 4.78 is 28.5. The molecule has 0 bridgehead atoms. The Bertz CT molecular complexity index is 1670. The highest BCUT2D eigenvalue weighted by Crippen LogP contribution is 2.26. The first-order valence-corrected chi connectivity index (χ1v) is 12.6. The van der Waals surface area contributed by atoms with Gasteiger partial charge in [0.05, 0.1) is 27.2 Å². The van der Waals surface area contributed by atoms with Crippen molar-refractivity contribution in [3.8, 4) is 11.1 Å². The Morgan fingerprint density at radius 3 is 2.50 bits per heavy atom. The predicted octanol–water partition coefficient (Wildman–Crippen LogP) is 4.64. The van der Waals surface area contributed by atoms with Crippen molar-refractivity contribution in [2.45, 2.75) is 4.90 Å². The van der Waals surface area contributed by atoms with E-state index in [1.54, 1.807) is 35.6 Å². The minimum atomic E-state index is -4.03. The standard InChI is InChI=1S/C24H18N4O4S2/c29-23(25-17-5-3-4-15(12-17)16-10-11-33-14-16)19-6-1-2-7-20(19)28-34(31,32)18-8-9-21-22(13-18)27-24(30)26-21/h1-14,28H,(H,25,29)(H2,26,27,30). The van der Waals surface area contributed by atoms with Gasteiger partial charge in [0.15, 0.2) is 0 Å². The smallest absolute Gasteiger partial charge is 0.322 e. The third-order valence-corrected chi connectivity index (χ3v) is 7.24. The Kier molecular flexibility index (Phi) is 5.52. The number of benzene rings is 3. The lowest BCUT2D eigenvalue weighted by Gasteiger charge is -2.13. The van der Waals surface area contributed by atoms with Crippen LogP contribution in [0.15, 0.2) is 93.2 Å². The molecule has 0 spiro atoms. The van der Waals surface area contributed by atoms with Crippen molar-refractivity contribution in [1.82, 2.24) is 9.97 Å². The van der Waals surface area contributed by atoms with Gasteiger partial charge in [-0.15, -0.1) is 0 Å². The third kappa shape index (κ3) is 4.36. The molecule has 170 valence electrons. The molecule has 0 aliphatic heterocycles. The van der Waals surface area contributed by atoms with E-state index in [2.05, 4.69) is 20.0 Å². The fourth-order valence-electron chi connectivity index (χ4n) is 3.56. The minimum absolute atomic E-state index is 0.0473. The average Bonchev–Trinajstić information content (AvgIpc) is 3.48. The van der Waals surface area contributed by atoms with Gasteiger partial charge in [-0.25, -0.2) is 13.2 Å². The van der Waals surface area contributed by atoms with Gasteiger partial charge in [-0.2, -0.15) is 11.3 Å². The molecule has 4 N–H and O–H groups in total. The van der Waals surface area contributed by atoms with Crippen LogP contribution in [-0.2, 0) is 10.0 Å². The summed E-state index contributed by atoms with van der Waals surface area (Å²) in [5.74, 6) is -0.453. The number of aromatic nitrogens is 2.